The Hall–Kier alpha value is -2.74. The Bertz CT molecular complexity index is 719. The lowest BCUT2D eigenvalue weighted by Gasteiger charge is -2.27. The second-order valence-corrected chi connectivity index (χ2v) is 5.08. The van der Waals surface area contributed by atoms with Gasteiger partial charge in [0.1, 0.15) is 5.75 Å². The lowest BCUT2D eigenvalue weighted by molar-refractivity contribution is 0.122. The first-order chi connectivity index (χ1) is 11.8. The molecule has 8 heteroatoms. The summed E-state index contributed by atoms with van der Waals surface area (Å²) in [4.78, 5) is 9.93. The van der Waals surface area contributed by atoms with Gasteiger partial charge in [0, 0.05) is 18.7 Å². The molecule has 126 valence electrons. The van der Waals surface area contributed by atoms with Crippen molar-refractivity contribution in [3.8, 4) is 5.75 Å². The van der Waals surface area contributed by atoms with Crippen LogP contribution in [-0.2, 0) is 4.74 Å². The predicted octanol–water partition coefficient (Wildman–Crippen LogP) is 1.91. The molecule has 1 aromatic heterocycles. The average Bonchev–Trinajstić information content (AvgIpc) is 2.64. The molecule has 1 saturated heterocycles. The summed E-state index contributed by atoms with van der Waals surface area (Å²) in [6.07, 6.45) is 2.73. The monoisotopic (exact) mass is 331 g/mol. The van der Waals surface area contributed by atoms with Crippen molar-refractivity contribution in [2.24, 2.45) is 5.10 Å². The molecule has 0 atom stereocenters. The third-order valence-electron chi connectivity index (χ3n) is 3.54. The first-order valence-corrected chi connectivity index (χ1v) is 7.55. The van der Waals surface area contributed by atoms with Gasteiger partial charge >= 0.3 is 0 Å². The Balaban J connectivity index is 1.72. The van der Waals surface area contributed by atoms with E-state index >= 15 is 0 Å². The van der Waals surface area contributed by atoms with Gasteiger partial charge in [-0.05, 0) is 12.1 Å². The molecule has 0 aliphatic carbocycles. The van der Waals surface area contributed by atoms with Crippen LogP contribution < -0.4 is 15.1 Å². The molecule has 2 heterocycles. The number of halogens is 1. The van der Waals surface area contributed by atoms with Crippen molar-refractivity contribution in [2.75, 3.05) is 43.7 Å². The molecule has 7 nitrogen and oxygen atoms in total. The summed E-state index contributed by atoms with van der Waals surface area (Å²) in [5.41, 5.74) is 3.53. The minimum atomic E-state index is -0.462. The summed E-state index contributed by atoms with van der Waals surface area (Å²) in [7, 11) is 1.60. The summed E-state index contributed by atoms with van der Waals surface area (Å²) in [6, 6.07) is 7.47. The number of aromatic nitrogens is 2. The molecule has 0 unspecified atom stereocenters. The lowest BCUT2D eigenvalue weighted by atomic mass is 10.2. The molecule has 1 aliphatic heterocycles. The Morgan fingerprint density at radius 1 is 1.33 bits per heavy atom. The number of hydrogen-bond acceptors (Lipinski definition) is 7. The van der Waals surface area contributed by atoms with Gasteiger partial charge in [0.2, 0.25) is 5.95 Å². The van der Waals surface area contributed by atoms with Crippen LogP contribution in [0.1, 0.15) is 5.56 Å². The molecule has 1 aromatic carbocycles. The molecule has 1 N–H and O–H groups in total. The molecular formula is C16H18FN5O2. The van der Waals surface area contributed by atoms with Crippen LogP contribution >= 0.6 is 0 Å². The molecule has 3 rings (SSSR count). The van der Waals surface area contributed by atoms with Crippen LogP contribution in [0.5, 0.6) is 5.75 Å². The second kappa shape index (κ2) is 7.69. The van der Waals surface area contributed by atoms with E-state index in [4.69, 9.17) is 9.47 Å². The van der Waals surface area contributed by atoms with E-state index in [0.717, 1.165) is 11.8 Å². The fourth-order valence-electron chi connectivity index (χ4n) is 2.34. The Morgan fingerprint density at radius 2 is 2.12 bits per heavy atom. The van der Waals surface area contributed by atoms with Gasteiger partial charge in [-0.3, -0.25) is 0 Å². The van der Waals surface area contributed by atoms with Crippen molar-refractivity contribution in [3.05, 3.63) is 41.8 Å². The summed E-state index contributed by atoms with van der Waals surface area (Å²) in [5.74, 6) is 0.723. The fourth-order valence-corrected chi connectivity index (χ4v) is 2.34. The number of hydrogen-bond donors (Lipinski definition) is 1. The maximum absolute atomic E-state index is 13.9. The minimum Gasteiger partial charge on any atom is -0.496 e. The van der Waals surface area contributed by atoms with E-state index in [-0.39, 0.29) is 11.8 Å². The van der Waals surface area contributed by atoms with E-state index < -0.39 is 5.82 Å². The summed E-state index contributed by atoms with van der Waals surface area (Å²) < 4.78 is 24.5. The van der Waals surface area contributed by atoms with Gasteiger partial charge in [-0.15, -0.1) is 0 Å². The molecule has 24 heavy (non-hydrogen) atoms. The molecule has 2 aromatic rings. The van der Waals surface area contributed by atoms with E-state index in [9.17, 15) is 4.39 Å². The van der Waals surface area contributed by atoms with Crippen LogP contribution in [-0.4, -0.2) is 49.6 Å². The topological polar surface area (TPSA) is 71.9 Å². The number of anilines is 2. The summed E-state index contributed by atoms with van der Waals surface area (Å²) in [5, 5.41) is 4.09. The highest BCUT2D eigenvalue weighted by atomic mass is 19.1. The third kappa shape index (κ3) is 3.77. The number of methoxy groups -OCH3 is 1. The number of para-hydroxylation sites is 1. The standard InChI is InChI=1S/C16H18FN5O2/c1-23-14-5-3-2-4-12(14)10-19-21-16-18-11-13(17)15(20-16)22-6-8-24-9-7-22/h2-5,10-11H,6-9H2,1H3,(H,18,20,21)/b19-10+. The zero-order valence-corrected chi connectivity index (χ0v) is 13.3. The Kier molecular flexibility index (Phi) is 5.17. The van der Waals surface area contributed by atoms with Crippen molar-refractivity contribution in [1.29, 1.82) is 0 Å². The smallest absolute Gasteiger partial charge is 0.245 e. The van der Waals surface area contributed by atoms with Gasteiger partial charge in [0.15, 0.2) is 11.6 Å². The maximum Gasteiger partial charge on any atom is 0.245 e. The first-order valence-electron chi connectivity index (χ1n) is 7.55. The largest absolute Gasteiger partial charge is 0.496 e. The molecular weight excluding hydrogens is 313 g/mol. The van der Waals surface area contributed by atoms with Crippen LogP contribution in [0, 0.1) is 5.82 Å². The zero-order valence-electron chi connectivity index (χ0n) is 13.3. The molecule has 0 spiro atoms. The molecule has 0 amide bonds. The average molecular weight is 331 g/mol. The van der Waals surface area contributed by atoms with Crippen molar-refractivity contribution >= 4 is 18.0 Å². The molecule has 1 fully saturated rings. The van der Waals surface area contributed by atoms with Crippen LogP contribution in [0.25, 0.3) is 0 Å². The van der Waals surface area contributed by atoms with E-state index in [1.54, 1.807) is 13.3 Å². The number of nitrogens with one attached hydrogen (secondary N) is 1. The van der Waals surface area contributed by atoms with E-state index in [0.29, 0.717) is 32.1 Å². The number of hydrazone groups is 1. The summed E-state index contributed by atoms with van der Waals surface area (Å²) in [6.45, 7) is 2.30. The first kappa shape index (κ1) is 16.1. The SMILES string of the molecule is COc1ccccc1/C=N/Nc1ncc(F)c(N2CCOCC2)n1. The molecule has 0 radical (unpaired) electrons. The Morgan fingerprint density at radius 3 is 2.92 bits per heavy atom. The van der Waals surface area contributed by atoms with Crippen molar-refractivity contribution < 1.29 is 13.9 Å². The second-order valence-electron chi connectivity index (χ2n) is 5.08. The fraction of sp³-hybridized carbons (Fsp3) is 0.312. The molecule has 0 saturated carbocycles. The number of rotatable bonds is 5. The maximum atomic E-state index is 13.9. The van der Waals surface area contributed by atoms with Crippen LogP contribution in [0.15, 0.2) is 35.6 Å². The number of ether oxygens (including phenoxy) is 2. The van der Waals surface area contributed by atoms with E-state index in [1.807, 2.05) is 29.2 Å². The van der Waals surface area contributed by atoms with E-state index in [2.05, 4.69) is 20.5 Å². The van der Waals surface area contributed by atoms with Crippen molar-refractivity contribution in [2.45, 2.75) is 0 Å². The normalized spacial score (nSPS) is 14.8. The number of morpholine rings is 1. The predicted molar refractivity (Wildman–Crippen MR) is 89.2 cm³/mol. The molecule has 0 bridgehead atoms. The van der Waals surface area contributed by atoms with Gasteiger partial charge in [0.05, 0.1) is 32.7 Å². The van der Waals surface area contributed by atoms with Gasteiger partial charge < -0.3 is 14.4 Å². The summed E-state index contributed by atoms with van der Waals surface area (Å²) >= 11 is 0. The van der Waals surface area contributed by atoms with E-state index in [1.165, 1.54) is 0 Å². The van der Waals surface area contributed by atoms with Gasteiger partial charge in [-0.25, -0.2) is 14.8 Å². The van der Waals surface area contributed by atoms with Gasteiger partial charge in [0.25, 0.3) is 0 Å². The third-order valence-corrected chi connectivity index (χ3v) is 3.54. The van der Waals surface area contributed by atoms with Crippen LogP contribution in [0.4, 0.5) is 16.2 Å². The quantitative estimate of drug-likeness (QED) is 0.666. The minimum absolute atomic E-state index is 0.226. The van der Waals surface area contributed by atoms with Crippen LogP contribution in [0.3, 0.4) is 0 Å². The zero-order chi connectivity index (χ0) is 16.8. The highest BCUT2D eigenvalue weighted by Crippen LogP contribution is 2.19. The number of benzene rings is 1. The van der Waals surface area contributed by atoms with Crippen molar-refractivity contribution in [1.82, 2.24) is 9.97 Å². The van der Waals surface area contributed by atoms with Crippen molar-refractivity contribution in [3.63, 3.8) is 0 Å². The highest BCUT2D eigenvalue weighted by Gasteiger charge is 2.17. The highest BCUT2D eigenvalue weighted by molar-refractivity contribution is 5.83. The van der Waals surface area contributed by atoms with Gasteiger partial charge in [-0.2, -0.15) is 10.1 Å². The van der Waals surface area contributed by atoms with Gasteiger partial charge in [-0.1, -0.05) is 12.1 Å². The molecule has 1 aliphatic rings. The number of nitrogens with zero attached hydrogens (tertiary/aromatic N) is 4. The Labute approximate surface area is 139 Å². The lowest BCUT2D eigenvalue weighted by Crippen LogP contribution is -2.37. The van der Waals surface area contributed by atoms with Crippen LogP contribution in [0.2, 0.25) is 0 Å².